The number of piperidine rings is 1. The van der Waals surface area contributed by atoms with Crippen LogP contribution in [0.3, 0.4) is 0 Å². The van der Waals surface area contributed by atoms with Gasteiger partial charge < -0.3 is 15.5 Å². The maximum atomic E-state index is 12.7. The summed E-state index contributed by atoms with van der Waals surface area (Å²) in [5.74, 6) is 0.337. The molecule has 2 fully saturated rings. The Morgan fingerprint density at radius 2 is 1.75 bits per heavy atom. The molecule has 2 N–H and O–H groups in total. The Balaban J connectivity index is 0.00000280. The summed E-state index contributed by atoms with van der Waals surface area (Å²) < 4.78 is 26.1. The topological polar surface area (TPSA) is 81.8 Å². The average molecular weight is 431 g/mol. The molecule has 9 heteroatoms. The van der Waals surface area contributed by atoms with E-state index in [0.717, 1.165) is 18.5 Å². The standard InChI is InChI=1S/C19H30N4O3S.ClH/c1-22(2)18-8-7-16(27(25,26)23(3)4)12-17(18)21-19(24)11-13-9-14-5-6-15(10-13)20-14;/h7-8,12-15,20H,5-6,9-11H2,1-4H3,(H,21,24);1H. The Morgan fingerprint density at radius 3 is 2.29 bits per heavy atom. The first kappa shape index (κ1) is 22.9. The number of carbonyl (C=O) groups is 1. The van der Waals surface area contributed by atoms with Crippen LogP contribution in [0.4, 0.5) is 11.4 Å². The maximum Gasteiger partial charge on any atom is 0.242 e. The van der Waals surface area contributed by atoms with Gasteiger partial charge in [0.05, 0.1) is 16.3 Å². The van der Waals surface area contributed by atoms with Crippen LogP contribution < -0.4 is 15.5 Å². The number of halogens is 1. The van der Waals surface area contributed by atoms with Gasteiger partial charge in [0, 0.05) is 46.7 Å². The van der Waals surface area contributed by atoms with E-state index < -0.39 is 10.0 Å². The van der Waals surface area contributed by atoms with Crippen molar-refractivity contribution in [2.45, 2.75) is 49.1 Å². The quantitative estimate of drug-likeness (QED) is 0.723. The van der Waals surface area contributed by atoms with E-state index in [1.54, 1.807) is 18.2 Å². The minimum atomic E-state index is -3.56. The van der Waals surface area contributed by atoms with Crippen LogP contribution in [0.15, 0.2) is 23.1 Å². The van der Waals surface area contributed by atoms with Gasteiger partial charge in [-0.2, -0.15) is 0 Å². The molecule has 0 aliphatic carbocycles. The summed E-state index contributed by atoms with van der Waals surface area (Å²) in [5, 5.41) is 6.55. The Bertz CT molecular complexity index is 801. The second kappa shape index (κ2) is 8.98. The summed E-state index contributed by atoms with van der Waals surface area (Å²) >= 11 is 0. The van der Waals surface area contributed by atoms with Gasteiger partial charge in [0.2, 0.25) is 15.9 Å². The highest BCUT2D eigenvalue weighted by Gasteiger charge is 2.34. The van der Waals surface area contributed by atoms with Crippen molar-refractivity contribution in [1.82, 2.24) is 9.62 Å². The number of sulfonamides is 1. The van der Waals surface area contributed by atoms with Crippen molar-refractivity contribution in [3.8, 4) is 0 Å². The van der Waals surface area contributed by atoms with Gasteiger partial charge in [-0.15, -0.1) is 12.4 Å². The van der Waals surface area contributed by atoms with Crippen molar-refractivity contribution in [3.05, 3.63) is 18.2 Å². The highest BCUT2D eigenvalue weighted by Crippen LogP contribution is 2.34. The van der Waals surface area contributed by atoms with Gasteiger partial charge in [0.1, 0.15) is 0 Å². The molecule has 0 saturated carbocycles. The molecule has 1 amide bonds. The van der Waals surface area contributed by atoms with Crippen molar-refractivity contribution >= 4 is 39.7 Å². The normalized spacial score (nSPS) is 24.0. The molecule has 0 spiro atoms. The third-order valence-electron chi connectivity index (χ3n) is 5.55. The van der Waals surface area contributed by atoms with Gasteiger partial charge >= 0.3 is 0 Å². The second-order valence-electron chi connectivity index (χ2n) is 8.09. The molecule has 1 aromatic carbocycles. The van der Waals surface area contributed by atoms with Gasteiger partial charge in [0.15, 0.2) is 0 Å². The van der Waals surface area contributed by atoms with Crippen LogP contribution in [0.2, 0.25) is 0 Å². The van der Waals surface area contributed by atoms with Crippen molar-refractivity contribution < 1.29 is 13.2 Å². The Hall–Kier alpha value is -1.35. The summed E-state index contributed by atoms with van der Waals surface area (Å²) in [6.07, 6.45) is 4.97. The zero-order valence-electron chi connectivity index (χ0n) is 16.9. The van der Waals surface area contributed by atoms with Crippen LogP contribution in [0.1, 0.15) is 32.1 Å². The molecule has 2 heterocycles. The molecular formula is C19H31ClN4O3S. The number of amides is 1. The van der Waals surface area contributed by atoms with Crippen LogP contribution in [0.25, 0.3) is 0 Å². The molecule has 2 atom stereocenters. The molecule has 7 nitrogen and oxygen atoms in total. The minimum absolute atomic E-state index is 0. The smallest absolute Gasteiger partial charge is 0.242 e. The van der Waals surface area contributed by atoms with Gasteiger partial charge in [0.25, 0.3) is 0 Å². The summed E-state index contributed by atoms with van der Waals surface area (Å²) in [6, 6.07) is 5.95. The van der Waals surface area contributed by atoms with Crippen LogP contribution >= 0.6 is 12.4 Å². The number of nitrogens with zero attached hydrogens (tertiary/aromatic N) is 2. The van der Waals surface area contributed by atoms with Crippen LogP contribution in [0, 0.1) is 5.92 Å². The lowest BCUT2D eigenvalue weighted by Crippen LogP contribution is -2.39. The number of rotatable bonds is 6. The molecule has 2 saturated heterocycles. The fraction of sp³-hybridized carbons (Fsp3) is 0.632. The lowest BCUT2D eigenvalue weighted by Gasteiger charge is -2.29. The predicted molar refractivity (Wildman–Crippen MR) is 115 cm³/mol. The molecule has 2 aliphatic rings. The van der Waals surface area contributed by atoms with Gasteiger partial charge in [-0.05, 0) is 49.8 Å². The first-order valence-electron chi connectivity index (χ1n) is 9.46. The van der Waals surface area contributed by atoms with E-state index in [-0.39, 0.29) is 23.2 Å². The van der Waals surface area contributed by atoms with Crippen molar-refractivity contribution in [3.63, 3.8) is 0 Å². The Morgan fingerprint density at radius 1 is 1.14 bits per heavy atom. The molecule has 0 aromatic heterocycles. The van der Waals surface area contributed by atoms with E-state index in [9.17, 15) is 13.2 Å². The zero-order chi connectivity index (χ0) is 19.8. The highest BCUT2D eigenvalue weighted by atomic mass is 35.5. The molecule has 2 aliphatic heterocycles. The monoisotopic (exact) mass is 430 g/mol. The minimum Gasteiger partial charge on any atom is -0.376 e. The third-order valence-corrected chi connectivity index (χ3v) is 7.36. The second-order valence-corrected chi connectivity index (χ2v) is 10.2. The molecule has 2 unspecified atom stereocenters. The average Bonchev–Trinajstić information content (AvgIpc) is 2.92. The fourth-order valence-electron chi connectivity index (χ4n) is 4.18. The lowest BCUT2D eigenvalue weighted by molar-refractivity contribution is -0.117. The van der Waals surface area contributed by atoms with Crippen LogP contribution in [-0.2, 0) is 14.8 Å². The zero-order valence-corrected chi connectivity index (χ0v) is 18.6. The largest absolute Gasteiger partial charge is 0.376 e. The van der Waals surface area contributed by atoms with Crippen LogP contribution in [-0.4, -0.2) is 58.9 Å². The van der Waals surface area contributed by atoms with Gasteiger partial charge in [-0.3, -0.25) is 4.79 Å². The number of benzene rings is 1. The van der Waals surface area contributed by atoms with Crippen molar-refractivity contribution in [2.24, 2.45) is 5.92 Å². The van der Waals surface area contributed by atoms with E-state index in [0.29, 0.717) is 30.1 Å². The summed E-state index contributed by atoms with van der Waals surface area (Å²) in [7, 11) is 3.18. The number of hydrogen-bond acceptors (Lipinski definition) is 5. The molecule has 1 aromatic rings. The SMILES string of the molecule is CN(C)c1ccc(S(=O)(=O)N(C)C)cc1NC(=O)CC1CC2CCC(C1)N2.Cl. The molecule has 0 radical (unpaired) electrons. The fourth-order valence-corrected chi connectivity index (χ4v) is 5.11. The van der Waals surface area contributed by atoms with Crippen molar-refractivity contribution in [1.29, 1.82) is 0 Å². The third kappa shape index (κ3) is 4.97. The number of fused-ring (bicyclic) bond motifs is 2. The van der Waals surface area contributed by atoms with Gasteiger partial charge in [-0.1, -0.05) is 0 Å². The lowest BCUT2D eigenvalue weighted by atomic mass is 9.89. The predicted octanol–water partition coefficient (Wildman–Crippen LogP) is 2.28. The van der Waals surface area contributed by atoms with Crippen molar-refractivity contribution in [2.75, 3.05) is 38.4 Å². The number of carbonyl (C=O) groups excluding carboxylic acids is 1. The summed E-state index contributed by atoms with van der Waals surface area (Å²) in [5.41, 5.74) is 1.32. The Labute approximate surface area is 174 Å². The number of anilines is 2. The first-order chi connectivity index (χ1) is 12.7. The Kier molecular flexibility index (Phi) is 7.36. The summed E-state index contributed by atoms with van der Waals surface area (Å²) in [4.78, 5) is 14.7. The first-order valence-corrected chi connectivity index (χ1v) is 10.9. The molecule has 28 heavy (non-hydrogen) atoms. The van der Waals surface area contributed by atoms with Crippen LogP contribution in [0.5, 0.6) is 0 Å². The van der Waals surface area contributed by atoms with E-state index in [1.807, 2.05) is 19.0 Å². The summed E-state index contributed by atoms with van der Waals surface area (Å²) in [6.45, 7) is 0. The molecular weight excluding hydrogens is 400 g/mol. The van der Waals surface area contributed by atoms with E-state index >= 15 is 0 Å². The molecule has 2 bridgehead atoms. The molecule has 158 valence electrons. The van der Waals surface area contributed by atoms with E-state index in [4.69, 9.17) is 0 Å². The highest BCUT2D eigenvalue weighted by molar-refractivity contribution is 7.89. The number of hydrogen-bond donors (Lipinski definition) is 2. The van der Waals surface area contributed by atoms with Gasteiger partial charge in [-0.25, -0.2) is 12.7 Å². The molecule has 3 rings (SSSR count). The number of nitrogens with one attached hydrogen (secondary N) is 2. The van der Waals surface area contributed by atoms with E-state index in [2.05, 4.69) is 10.6 Å². The van der Waals surface area contributed by atoms with E-state index in [1.165, 1.54) is 31.2 Å². The maximum absolute atomic E-state index is 12.7.